The number of aromatic nitrogens is 3. The van der Waals surface area contributed by atoms with Crippen molar-refractivity contribution in [1.82, 2.24) is 20.3 Å². The van der Waals surface area contributed by atoms with Crippen molar-refractivity contribution >= 4 is 0 Å². The SMILES string of the molecule is CNC(Cc1cn(C)nn1)C1CCCC(C)C1. The van der Waals surface area contributed by atoms with Crippen molar-refractivity contribution in [2.75, 3.05) is 7.05 Å². The van der Waals surface area contributed by atoms with Crippen molar-refractivity contribution in [3.8, 4) is 0 Å². The van der Waals surface area contributed by atoms with E-state index in [0.29, 0.717) is 6.04 Å². The molecule has 1 aliphatic carbocycles. The van der Waals surface area contributed by atoms with Crippen molar-refractivity contribution in [2.24, 2.45) is 18.9 Å². The minimum absolute atomic E-state index is 0.550. The predicted molar refractivity (Wildman–Crippen MR) is 68.7 cm³/mol. The van der Waals surface area contributed by atoms with Crippen LogP contribution in [0.1, 0.15) is 38.3 Å². The highest BCUT2D eigenvalue weighted by atomic mass is 15.4. The van der Waals surface area contributed by atoms with Crippen LogP contribution in [0.4, 0.5) is 0 Å². The lowest BCUT2D eigenvalue weighted by molar-refractivity contribution is 0.226. The number of nitrogens with one attached hydrogen (secondary N) is 1. The molecule has 17 heavy (non-hydrogen) atoms. The van der Waals surface area contributed by atoms with Crippen molar-refractivity contribution in [3.05, 3.63) is 11.9 Å². The Kier molecular flexibility index (Phi) is 4.15. The molecule has 0 bridgehead atoms. The van der Waals surface area contributed by atoms with Crippen molar-refractivity contribution < 1.29 is 0 Å². The number of likely N-dealkylation sites (N-methyl/N-ethyl adjacent to an activating group) is 1. The van der Waals surface area contributed by atoms with Crippen LogP contribution < -0.4 is 5.32 Å². The van der Waals surface area contributed by atoms with Gasteiger partial charge in [-0.2, -0.15) is 0 Å². The molecule has 1 aromatic heterocycles. The first-order valence-electron chi connectivity index (χ1n) is 6.71. The van der Waals surface area contributed by atoms with Crippen molar-refractivity contribution in [2.45, 2.75) is 45.1 Å². The number of hydrogen-bond acceptors (Lipinski definition) is 3. The van der Waals surface area contributed by atoms with Crippen LogP contribution in [-0.2, 0) is 13.5 Å². The van der Waals surface area contributed by atoms with Gasteiger partial charge in [-0.15, -0.1) is 5.10 Å². The lowest BCUT2D eigenvalue weighted by Gasteiger charge is -2.32. The van der Waals surface area contributed by atoms with Gasteiger partial charge >= 0.3 is 0 Å². The van der Waals surface area contributed by atoms with Crippen LogP contribution in [0.15, 0.2) is 6.20 Å². The molecule has 1 N–H and O–H groups in total. The summed E-state index contributed by atoms with van der Waals surface area (Å²) in [5, 5.41) is 11.7. The van der Waals surface area contributed by atoms with Gasteiger partial charge in [0.2, 0.25) is 0 Å². The smallest absolute Gasteiger partial charge is 0.0842 e. The standard InChI is InChI=1S/C13H24N4/c1-10-5-4-6-11(7-10)13(14-2)8-12-9-17(3)16-15-12/h9-11,13-14H,4-8H2,1-3H3. The van der Waals surface area contributed by atoms with Crippen LogP contribution in [0.25, 0.3) is 0 Å². The van der Waals surface area contributed by atoms with Crippen molar-refractivity contribution in [3.63, 3.8) is 0 Å². The van der Waals surface area contributed by atoms with Crippen molar-refractivity contribution in [1.29, 1.82) is 0 Å². The Hall–Kier alpha value is -0.900. The molecule has 3 unspecified atom stereocenters. The maximum atomic E-state index is 4.19. The largest absolute Gasteiger partial charge is 0.316 e. The van der Waals surface area contributed by atoms with Crippen LogP contribution in [0.3, 0.4) is 0 Å². The van der Waals surface area contributed by atoms with E-state index in [0.717, 1.165) is 24.0 Å². The first-order chi connectivity index (χ1) is 8.19. The third-order valence-electron chi connectivity index (χ3n) is 4.00. The molecule has 96 valence electrons. The van der Waals surface area contributed by atoms with E-state index < -0.39 is 0 Å². The molecule has 0 aliphatic heterocycles. The summed E-state index contributed by atoms with van der Waals surface area (Å²) in [4.78, 5) is 0. The molecule has 1 heterocycles. The maximum Gasteiger partial charge on any atom is 0.0842 e. The van der Waals surface area contributed by atoms with Gasteiger partial charge in [-0.25, -0.2) is 0 Å². The van der Waals surface area contributed by atoms with E-state index in [1.807, 2.05) is 13.2 Å². The topological polar surface area (TPSA) is 42.7 Å². The molecule has 4 heteroatoms. The Labute approximate surface area is 104 Å². The van der Waals surface area contributed by atoms with Gasteiger partial charge in [0.15, 0.2) is 0 Å². The van der Waals surface area contributed by atoms with Gasteiger partial charge in [-0.1, -0.05) is 25.0 Å². The normalized spacial score (nSPS) is 27.0. The molecular formula is C13H24N4. The summed E-state index contributed by atoms with van der Waals surface area (Å²) in [5.41, 5.74) is 1.10. The molecule has 0 amide bonds. The summed E-state index contributed by atoms with van der Waals surface area (Å²) < 4.78 is 1.78. The zero-order valence-electron chi connectivity index (χ0n) is 11.2. The second kappa shape index (κ2) is 5.63. The molecule has 2 rings (SSSR count). The quantitative estimate of drug-likeness (QED) is 0.866. The fraction of sp³-hybridized carbons (Fsp3) is 0.846. The van der Waals surface area contributed by atoms with Gasteiger partial charge in [-0.3, -0.25) is 4.68 Å². The molecular weight excluding hydrogens is 212 g/mol. The average Bonchev–Trinajstić information content (AvgIpc) is 2.72. The van der Waals surface area contributed by atoms with Crippen LogP contribution in [0.5, 0.6) is 0 Å². The van der Waals surface area contributed by atoms with E-state index in [1.54, 1.807) is 4.68 Å². The minimum Gasteiger partial charge on any atom is -0.316 e. The number of nitrogens with zero attached hydrogens (tertiary/aromatic N) is 3. The van der Waals surface area contributed by atoms with Gasteiger partial charge in [0, 0.05) is 25.7 Å². The highest BCUT2D eigenvalue weighted by molar-refractivity contribution is 4.97. The van der Waals surface area contributed by atoms with Crippen LogP contribution in [-0.4, -0.2) is 28.1 Å². The van der Waals surface area contributed by atoms with Crippen LogP contribution in [0.2, 0.25) is 0 Å². The third kappa shape index (κ3) is 3.28. The molecule has 0 saturated heterocycles. The molecule has 4 nitrogen and oxygen atoms in total. The van der Waals surface area contributed by atoms with Crippen LogP contribution in [0, 0.1) is 11.8 Å². The predicted octanol–water partition coefficient (Wildman–Crippen LogP) is 1.77. The number of rotatable bonds is 4. The maximum absolute atomic E-state index is 4.19. The molecule has 0 aromatic carbocycles. The summed E-state index contributed by atoms with van der Waals surface area (Å²) in [5.74, 6) is 1.68. The van der Waals surface area contributed by atoms with Gasteiger partial charge in [0.05, 0.1) is 5.69 Å². The Bertz CT molecular complexity index is 347. The first-order valence-corrected chi connectivity index (χ1v) is 6.71. The fourth-order valence-electron chi connectivity index (χ4n) is 3.07. The Balaban J connectivity index is 1.95. The first kappa shape index (κ1) is 12.6. The van der Waals surface area contributed by atoms with Gasteiger partial charge < -0.3 is 5.32 Å². The molecule has 1 saturated carbocycles. The van der Waals surface area contributed by atoms with Gasteiger partial charge in [-0.05, 0) is 31.7 Å². The summed E-state index contributed by atoms with van der Waals surface area (Å²) in [7, 11) is 3.99. The monoisotopic (exact) mass is 236 g/mol. The molecule has 1 aliphatic rings. The Morgan fingerprint density at radius 1 is 1.53 bits per heavy atom. The number of aryl methyl sites for hydroxylation is 1. The molecule has 3 atom stereocenters. The van der Waals surface area contributed by atoms with E-state index in [4.69, 9.17) is 0 Å². The Morgan fingerprint density at radius 3 is 2.94 bits per heavy atom. The van der Waals surface area contributed by atoms with Gasteiger partial charge in [0.25, 0.3) is 0 Å². The molecule has 0 radical (unpaired) electrons. The summed E-state index contributed by atoms with van der Waals surface area (Å²) in [6, 6.07) is 0.550. The van der Waals surface area contributed by atoms with Crippen LogP contribution >= 0.6 is 0 Å². The minimum atomic E-state index is 0.550. The summed E-state index contributed by atoms with van der Waals surface area (Å²) in [6.45, 7) is 2.38. The highest BCUT2D eigenvalue weighted by Crippen LogP contribution is 2.31. The second-order valence-corrected chi connectivity index (χ2v) is 5.51. The molecule has 0 spiro atoms. The van der Waals surface area contributed by atoms with E-state index in [-0.39, 0.29) is 0 Å². The van der Waals surface area contributed by atoms with E-state index in [2.05, 4.69) is 29.6 Å². The fourth-order valence-corrected chi connectivity index (χ4v) is 3.07. The molecule has 1 aromatic rings. The Morgan fingerprint density at radius 2 is 2.35 bits per heavy atom. The third-order valence-corrected chi connectivity index (χ3v) is 4.00. The van der Waals surface area contributed by atoms with E-state index in [9.17, 15) is 0 Å². The lowest BCUT2D eigenvalue weighted by Crippen LogP contribution is -2.38. The number of hydrogen-bond donors (Lipinski definition) is 1. The average molecular weight is 236 g/mol. The highest BCUT2D eigenvalue weighted by Gasteiger charge is 2.26. The molecule has 1 fully saturated rings. The zero-order chi connectivity index (χ0) is 12.3. The van der Waals surface area contributed by atoms with E-state index >= 15 is 0 Å². The lowest BCUT2D eigenvalue weighted by atomic mass is 9.77. The zero-order valence-corrected chi connectivity index (χ0v) is 11.2. The van der Waals surface area contributed by atoms with E-state index in [1.165, 1.54) is 25.7 Å². The summed E-state index contributed by atoms with van der Waals surface area (Å²) in [6.07, 6.45) is 8.52. The summed E-state index contributed by atoms with van der Waals surface area (Å²) >= 11 is 0. The second-order valence-electron chi connectivity index (χ2n) is 5.51. The van der Waals surface area contributed by atoms with Gasteiger partial charge in [0.1, 0.15) is 0 Å².